The van der Waals surface area contributed by atoms with Crippen molar-refractivity contribution in [3.05, 3.63) is 99.6 Å². The van der Waals surface area contributed by atoms with Gasteiger partial charge in [0.2, 0.25) is 0 Å². The molecule has 0 aliphatic heterocycles. The Bertz CT molecular complexity index is 1150. The van der Waals surface area contributed by atoms with Crippen LogP contribution < -0.4 is 10.1 Å². The topological polar surface area (TPSA) is 56.2 Å². The first-order chi connectivity index (χ1) is 14.6. The Balaban J connectivity index is 1.34. The Kier molecular flexibility index (Phi) is 5.90. The smallest absolute Gasteiger partial charge is 0.266 e. The molecule has 0 spiro atoms. The summed E-state index contributed by atoms with van der Waals surface area (Å²) in [7, 11) is 0. The highest BCUT2D eigenvalue weighted by Gasteiger charge is 2.12. The number of rotatable bonds is 7. The Morgan fingerprint density at radius 1 is 1.13 bits per heavy atom. The average Bonchev–Trinajstić information content (AvgIpc) is 3.39. The van der Waals surface area contributed by atoms with Gasteiger partial charge >= 0.3 is 0 Å². The van der Waals surface area contributed by atoms with Gasteiger partial charge in [-0.15, -0.1) is 11.3 Å². The summed E-state index contributed by atoms with van der Waals surface area (Å²) in [6.07, 6.45) is 1.83. The summed E-state index contributed by atoms with van der Waals surface area (Å²) in [5.41, 5.74) is 3.15. The van der Waals surface area contributed by atoms with E-state index in [-0.39, 0.29) is 18.3 Å². The molecule has 4 aromatic rings. The molecule has 0 aliphatic rings. The van der Waals surface area contributed by atoms with E-state index in [1.54, 1.807) is 35.0 Å². The molecule has 0 radical (unpaired) electrons. The van der Waals surface area contributed by atoms with Crippen LogP contribution in [-0.2, 0) is 13.2 Å². The molecule has 4 rings (SSSR count). The highest BCUT2D eigenvalue weighted by molar-refractivity contribution is 7.12. The second-order valence-corrected chi connectivity index (χ2v) is 7.79. The second-order valence-electron chi connectivity index (χ2n) is 6.88. The van der Waals surface area contributed by atoms with E-state index in [1.165, 1.54) is 23.0 Å². The predicted molar refractivity (Wildman–Crippen MR) is 116 cm³/mol. The summed E-state index contributed by atoms with van der Waals surface area (Å²) < 4.78 is 20.9. The van der Waals surface area contributed by atoms with Crippen LogP contribution >= 0.6 is 11.3 Å². The fourth-order valence-corrected chi connectivity index (χ4v) is 3.66. The Labute approximate surface area is 177 Å². The lowest BCUT2D eigenvalue weighted by molar-refractivity contribution is 0.103. The van der Waals surface area contributed by atoms with Crippen LogP contribution in [0.25, 0.3) is 0 Å². The molecule has 7 heteroatoms. The number of nitrogens with zero attached hydrogens (tertiary/aromatic N) is 2. The van der Waals surface area contributed by atoms with E-state index < -0.39 is 5.82 Å². The Hall–Kier alpha value is -3.45. The van der Waals surface area contributed by atoms with E-state index in [9.17, 15) is 9.18 Å². The fraction of sp³-hybridized carbons (Fsp3) is 0.130. The van der Waals surface area contributed by atoms with Crippen molar-refractivity contribution in [2.24, 2.45) is 0 Å². The van der Waals surface area contributed by atoms with Crippen molar-refractivity contribution in [1.82, 2.24) is 9.78 Å². The molecule has 0 fully saturated rings. The molecule has 5 nitrogen and oxygen atoms in total. The van der Waals surface area contributed by atoms with Crippen LogP contribution in [0.1, 0.15) is 26.4 Å². The maximum Gasteiger partial charge on any atom is 0.266 e. The third-order valence-corrected chi connectivity index (χ3v) is 5.43. The van der Waals surface area contributed by atoms with E-state index in [1.807, 2.05) is 18.5 Å². The Morgan fingerprint density at radius 2 is 1.93 bits per heavy atom. The van der Waals surface area contributed by atoms with Crippen LogP contribution in [0.2, 0.25) is 0 Å². The summed E-state index contributed by atoms with van der Waals surface area (Å²) in [5, 5.41) is 9.04. The first kappa shape index (κ1) is 19.8. The molecule has 0 saturated carbocycles. The van der Waals surface area contributed by atoms with Gasteiger partial charge in [-0.25, -0.2) is 4.39 Å². The number of benzene rings is 2. The van der Waals surface area contributed by atoms with Crippen molar-refractivity contribution in [3.8, 4) is 5.75 Å². The van der Waals surface area contributed by atoms with Gasteiger partial charge in [-0.05, 0) is 36.1 Å². The van der Waals surface area contributed by atoms with Crippen LogP contribution in [0.5, 0.6) is 5.75 Å². The van der Waals surface area contributed by atoms with Gasteiger partial charge < -0.3 is 10.1 Å². The molecule has 2 heterocycles. The lowest BCUT2D eigenvalue weighted by atomic mass is 10.1. The minimum atomic E-state index is -0.410. The third kappa shape index (κ3) is 4.93. The van der Waals surface area contributed by atoms with Crippen molar-refractivity contribution in [2.75, 3.05) is 5.32 Å². The predicted octanol–water partition coefficient (Wildman–Crippen LogP) is 5.27. The maximum atomic E-state index is 13.6. The first-order valence-electron chi connectivity index (χ1n) is 9.42. The van der Waals surface area contributed by atoms with E-state index in [0.717, 1.165) is 11.1 Å². The van der Waals surface area contributed by atoms with Crippen molar-refractivity contribution in [3.63, 3.8) is 0 Å². The van der Waals surface area contributed by atoms with Gasteiger partial charge in [0.1, 0.15) is 6.61 Å². The lowest BCUT2D eigenvalue weighted by Gasteiger charge is -2.05. The lowest BCUT2D eigenvalue weighted by Crippen LogP contribution is -2.11. The zero-order valence-corrected chi connectivity index (χ0v) is 17.2. The SMILES string of the molecule is Cc1ccc(Cn2ccc(NC(=O)c3cc(COc4ccccc4F)cs3)n2)cc1. The monoisotopic (exact) mass is 421 g/mol. The molecule has 2 aromatic heterocycles. The minimum Gasteiger partial charge on any atom is -0.486 e. The first-order valence-corrected chi connectivity index (χ1v) is 10.3. The maximum absolute atomic E-state index is 13.6. The molecule has 1 amide bonds. The van der Waals surface area contributed by atoms with Crippen molar-refractivity contribution < 1.29 is 13.9 Å². The largest absolute Gasteiger partial charge is 0.486 e. The molecule has 152 valence electrons. The number of hydrogen-bond donors (Lipinski definition) is 1. The van der Waals surface area contributed by atoms with Gasteiger partial charge in [-0.1, -0.05) is 42.0 Å². The number of hydrogen-bond acceptors (Lipinski definition) is 4. The summed E-state index contributed by atoms with van der Waals surface area (Å²) in [5.74, 6) is 0.0307. The molecule has 0 saturated heterocycles. The quantitative estimate of drug-likeness (QED) is 0.442. The summed E-state index contributed by atoms with van der Waals surface area (Å²) in [6.45, 7) is 2.87. The zero-order valence-electron chi connectivity index (χ0n) is 16.3. The van der Waals surface area contributed by atoms with E-state index in [4.69, 9.17) is 4.74 Å². The van der Waals surface area contributed by atoms with Crippen LogP contribution in [0.3, 0.4) is 0 Å². The Morgan fingerprint density at radius 3 is 2.73 bits per heavy atom. The van der Waals surface area contributed by atoms with Gasteiger partial charge in [-0.2, -0.15) is 5.10 Å². The number of carbonyl (C=O) groups is 1. The van der Waals surface area contributed by atoms with Gasteiger partial charge in [0.05, 0.1) is 11.4 Å². The number of aryl methyl sites for hydroxylation is 1. The highest BCUT2D eigenvalue weighted by atomic mass is 32.1. The van der Waals surface area contributed by atoms with Crippen LogP contribution in [0.15, 0.2) is 72.2 Å². The van der Waals surface area contributed by atoms with E-state index in [0.29, 0.717) is 17.2 Å². The number of thiophene rings is 1. The molecular formula is C23H20FN3O2S. The molecule has 30 heavy (non-hydrogen) atoms. The van der Waals surface area contributed by atoms with Crippen LogP contribution in [-0.4, -0.2) is 15.7 Å². The van der Waals surface area contributed by atoms with Crippen molar-refractivity contribution in [1.29, 1.82) is 0 Å². The summed E-state index contributed by atoms with van der Waals surface area (Å²) >= 11 is 1.31. The fourth-order valence-electron chi connectivity index (χ4n) is 2.87. The molecule has 0 atom stereocenters. The van der Waals surface area contributed by atoms with E-state index >= 15 is 0 Å². The number of nitrogens with one attached hydrogen (secondary N) is 1. The summed E-state index contributed by atoms with van der Waals surface area (Å²) in [4.78, 5) is 13.0. The normalized spacial score (nSPS) is 10.7. The zero-order chi connectivity index (χ0) is 20.9. The molecule has 0 bridgehead atoms. The summed E-state index contributed by atoms with van der Waals surface area (Å²) in [6, 6.07) is 18.0. The molecule has 1 N–H and O–H groups in total. The third-order valence-electron chi connectivity index (χ3n) is 4.46. The molecule has 0 unspecified atom stereocenters. The van der Waals surface area contributed by atoms with Crippen molar-refractivity contribution in [2.45, 2.75) is 20.1 Å². The van der Waals surface area contributed by atoms with Crippen LogP contribution in [0.4, 0.5) is 10.2 Å². The minimum absolute atomic E-state index is 0.189. The number of anilines is 1. The number of ether oxygens (including phenoxy) is 1. The number of aromatic nitrogens is 2. The van der Waals surface area contributed by atoms with Crippen molar-refractivity contribution >= 4 is 23.1 Å². The van der Waals surface area contributed by atoms with Gasteiger partial charge in [0.25, 0.3) is 5.91 Å². The molecule has 0 aliphatic carbocycles. The van der Waals surface area contributed by atoms with Gasteiger partial charge in [0, 0.05) is 17.8 Å². The number of para-hydroxylation sites is 1. The molecular weight excluding hydrogens is 401 g/mol. The highest BCUT2D eigenvalue weighted by Crippen LogP contribution is 2.21. The standard InChI is InChI=1S/C23H20FN3O2S/c1-16-6-8-17(9-7-16)13-27-11-10-22(26-27)25-23(28)21-12-18(15-30-21)14-29-20-5-3-2-4-19(20)24/h2-12,15H,13-14H2,1H3,(H,25,26,28). The second kappa shape index (κ2) is 8.92. The van der Waals surface area contributed by atoms with Gasteiger partial charge in [0.15, 0.2) is 17.4 Å². The van der Waals surface area contributed by atoms with Gasteiger partial charge in [-0.3, -0.25) is 9.48 Å². The number of carbonyl (C=O) groups excluding carboxylic acids is 1. The number of amides is 1. The van der Waals surface area contributed by atoms with E-state index in [2.05, 4.69) is 34.7 Å². The van der Waals surface area contributed by atoms with Crippen LogP contribution in [0, 0.1) is 12.7 Å². The average molecular weight is 421 g/mol. The number of halogens is 1. The molecule has 2 aromatic carbocycles.